The molecule has 1 radical (unpaired) electrons. The van der Waals surface area contributed by atoms with E-state index in [-0.39, 0.29) is 11.6 Å². The molecule has 0 aliphatic carbocycles. The molecular weight excluding hydrogens is 310 g/mol. The third-order valence-electron chi connectivity index (χ3n) is 3.86. The molecule has 4 rings (SSSR count). The maximum absolute atomic E-state index is 12.6. The number of para-hydroxylation sites is 3. The Morgan fingerprint density at radius 2 is 1.64 bits per heavy atom. The number of carbonyl (C=O) groups is 1. The number of carbonyl (C=O) groups excluding carboxylic acids is 1. The second-order valence-corrected chi connectivity index (χ2v) is 5.52. The normalized spacial score (nSPS) is 10.6. The number of amides is 1. The molecule has 4 nitrogen and oxygen atoms in total. The number of nitrogens with zero attached hydrogens (tertiary/aromatic N) is 2. The highest BCUT2D eigenvalue weighted by molar-refractivity contribution is 6.05. The molecule has 0 saturated heterocycles. The van der Waals surface area contributed by atoms with Crippen LogP contribution in [0, 0.1) is 6.07 Å². The van der Waals surface area contributed by atoms with Gasteiger partial charge in [0.05, 0.1) is 17.2 Å². The van der Waals surface area contributed by atoms with Gasteiger partial charge in [0.2, 0.25) is 0 Å². The van der Waals surface area contributed by atoms with Crippen LogP contribution in [0.25, 0.3) is 22.2 Å². The van der Waals surface area contributed by atoms with Crippen LogP contribution in [0.1, 0.15) is 10.5 Å². The molecule has 1 N–H and O–H groups in total. The number of hydrogen-bond donors (Lipinski definition) is 1. The lowest BCUT2D eigenvalue weighted by molar-refractivity contribution is 0.102. The molecule has 1 amide bonds. The van der Waals surface area contributed by atoms with Gasteiger partial charge >= 0.3 is 0 Å². The standard InChI is InChI=1S/C21H14N3O/c25-21(20-14-22-18-12-6-7-13-19(18)23-20)24-17-11-5-4-10-16(17)15-8-2-1-3-9-15/h1-8,10-14H,(H,24,25). The van der Waals surface area contributed by atoms with Crippen molar-refractivity contribution in [2.24, 2.45) is 0 Å². The molecule has 1 aromatic heterocycles. The highest BCUT2D eigenvalue weighted by atomic mass is 16.1. The van der Waals surface area contributed by atoms with Gasteiger partial charge in [0.1, 0.15) is 5.69 Å². The fourth-order valence-electron chi connectivity index (χ4n) is 2.64. The maximum Gasteiger partial charge on any atom is 0.275 e. The fraction of sp³-hybridized carbons (Fsp3) is 0. The van der Waals surface area contributed by atoms with Gasteiger partial charge < -0.3 is 5.32 Å². The monoisotopic (exact) mass is 324 g/mol. The summed E-state index contributed by atoms with van der Waals surface area (Å²) in [5, 5.41) is 2.93. The summed E-state index contributed by atoms with van der Waals surface area (Å²) in [6.07, 6.45) is 1.49. The van der Waals surface area contributed by atoms with Crippen molar-refractivity contribution < 1.29 is 4.79 Å². The van der Waals surface area contributed by atoms with Crippen LogP contribution in [0.4, 0.5) is 5.69 Å². The molecule has 0 atom stereocenters. The van der Waals surface area contributed by atoms with Crippen LogP contribution >= 0.6 is 0 Å². The zero-order valence-electron chi connectivity index (χ0n) is 13.3. The van der Waals surface area contributed by atoms with Crippen LogP contribution in [0.5, 0.6) is 0 Å². The zero-order valence-corrected chi connectivity index (χ0v) is 13.3. The Morgan fingerprint density at radius 1 is 0.880 bits per heavy atom. The van der Waals surface area contributed by atoms with Crippen molar-refractivity contribution in [3.8, 4) is 11.1 Å². The van der Waals surface area contributed by atoms with Crippen LogP contribution in [-0.2, 0) is 0 Å². The topological polar surface area (TPSA) is 54.9 Å². The fourth-order valence-corrected chi connectivity index (χ4v) is 2.64. The van der Waals surface area contributed by atoms with Crippen molar-refractivity contribution in [1.29, 1.82) is 0 Å². The quantitative estimate of drug-likeness (QED) is 0.609. The average molecular weight is 324 g/mol. The summed E-state index contributed by atoms with van der Waals surface area (Å²) >= 11 is 0. The number of rotatable bonds is 3. The summed E-state index contributed by atoms with van der Waals surface area (Å²) in [4.78, 5) is 21.3. The Labute approximate surface area is 145 Å². The first-order chi connectivity index (χ1) is 12.3. The molecule has 0 aliphatic rings. The van der Waals surface area contributed by atoms with Gasteiger partial charge in [-0.3, -0.25) is 9.78 Å². The van der Waals surface area contributed by atoms with E-state index in [0.29, 0.717) is 11.2 Å². The van der Waals surface area contributed by atoms with Gasteiger partial charge in [0.25, 0.3) is 5.91 Å². The van der Waals surface area contributed by atoms with Gasteiger partial charge in [-0.2, -0.15) is 0 Å². The van der Waals surface area contributed by atoms with E-state index in [0.717, 1.165) is 16.6 Å². The van der Waals surface area contributed by atoms with Gasteiger partial charge in [-0.15, -0.1) is 0 Å². The van der Waals surface area contributed by atoms with E-state index < -0.39 is 0 Å². The molecular formula is C21H14N3O. The maximum atomic E-state index is 12.6. The highest BCUT2D eigenvalue weighted by Crippen LogP contribution is 2.27. The molecule has 25 heavy (non-hydrogen) atoms. The largest absolute Gasteiger partial charge is 0.320 e. The van der Waals surface area contributed by atoms with E-state index in [9.17, 15) is 4.79 Å². The lowest BCUT2D eigenvalue weighted by Crippen LogP contribution is -2.14. The van der Waals surface area contributed by atoms with Crippen molar-refractivity contribution in [1.82, 2.24) is 9.97 Å². The average Bonchev–Trinajstić information content (AvgIpc) is 2.68. The molecule has 1 heterocycles. The first-order valence-corrected chi connectivity index (χ1v) is 7.90. The Morgan fingerprint density at radius 3 is 2.48 bits per heavy atom. The second-order valence-electron chi connectivity index (χ2n) is 5.52. The minimum atomic E-state index is -0.290. The van der Waals surface area contributed by atoms with E-state index >= 15 is 0 Å². The van der Waals surface area contributed by atoms with Crippen LogP contribution < -0.4 is 5.32 Å². The zero-order chi connectivity index (χ0) is 17.1. The Bertz CT molecular complexity index is 1040. The number of anilines is 1. The van der Waals surface area contributed by atoms with Gasteiger partial charge in [-0.1, -0.05) is 54.6 Å². The van der Waals surface area contributed by atoms with E-state index in [4.69, 9.17) is 0 Å². The number of nitrogens with one attached hydrogen (secondary N) is 1. The number of hydrogen-bond acceptors (Lipinski definition) is 3. The minimum Gasteiger partial charge on any atom is -0.320 e. The SMILES string of the molecule is O=C(Nc1ccccc1-c1[c]cccc1)c1cnc2ccccc2n1. The molecule has 0 spiro atoms. The predicted molar refractivity (Wildman–Crippen MR) is 98.2 cm³/mol. The van der Waals surface area contributed by atoms with Gasteiger partial charge in [0, 0.05) is 11.3 Å². The van der Waals surface area contributed by atoms with Gasteiger partial charge in [0.15, 0.2) is 0 Å². The molecule has 3 aromatic carbocycles. The second kappa shape index (κ2) is 6.53. The summed E-state index contributed by atoms with van der Waals surface area (Å²) in [6, 6.07) is 26.0. The summed E-state index contributed by atoms with van der Waals surface area (Å²) in [6.45, 7) is 0. The molecule has 119 valence electrons. The summed E-state index contributed by atoms with van der Waals surface area (Å²) < 4.78 is 0. The highest BCUT2D eigenvalue weighted by Gasteiger charge is 2.12. The molecule has 0 bridgehead atoms. The third kappa shape index (κ3) is 3.10. The lowest BCUT2D eigenvalue weighted by Gasteiger charge is -2.11. The number of benzene rings is 3. The first kappa shape index (κ1) is 15.0. The minimum absolute atomic E-state index is 0.283. The first-order valence-electron chi connectivity index (χ1n) is 7.90. The smallest absolute Gasteiger partial charge is 0.275 e. The van der Waals surface area contributed by atoms with Crippen molar-refractivity contribution in [2.45, 2.75) is 0 Å². The summed E-state index contributed by atoms with van der Waals surface area (Å²) in [7, 11) is 0. The molecule has 0 unspecified atom stereocenters. The molecule has 0 saturated carbocycles. The van der Waals surface area contributed by atoms with Crippen molar-refractivity contribution in [3.05, 3.63) is 90.8 Å². The van der Waals surface area contributed by atoms with Crippen molar-refractivity contribution in [3.63, 3.8) is 0 Å². The number of fused-ring (bicyclic) bond motifs is 1. The molecule has 0 fully saturated rings. The Balaban J connectivity index is 1.67. The summed E-state index contributed by atoms with van der Waals surface area (Å²) in [5.41, 5.74) is 4.28. The Hall–Kier alpha value is -3.53. The summed E-state index contributed by atoms with van der Waals surface area (Å²) in [5.74, 6) is -0.290. The van der Waals surface area contributed by atoms with Crippen molar-refractivity contribution in [2.75, 3.05) is 5.32 Å². The van der Waals surface area contributed by atoms with Crippen LogP contribution in [0.15, 0.2) is 79.0 Å². The molecule has 0 aliphatic heterocycles. The lowest BCUT2D eigenvalue weighted by atomic mass is 10.0. The molecule has 4 aromatic rings. The predicted octanol–water partition coefficient (Wildman–Crippen LogP) is 4.35. The van der Waals surface area contributed by atoms with E-state index in [2.05, 4.69) is 21.4 Å². The van der Waals surface area contributed by atoms with Crippen LogP contribution in [0.2, 0.25) is 0 Å². The third-order valence-corrected chi connectivity index (χ3v) is 3.86. The van der Waals surface area contributed by atoms with E-state index in [1.807, 2.05) is 72.8 Å². The van der Waals surface area contributed by atoms with E-state index in [1.54, 1.807) is 0 Å². The van der Waals surface area contributed by atoms with Crippen LogP contribution in [0.3, 0.4) is 0 Å². The van der Waals surface area contributed by atoms with Gasteiger partial charge in [-0.05, 0) is 29.8 Å². The molecule has 4 heteroatoms. The van der Waals surface area contributed by atoms with Gasteiger partial charge in [-0.25, -0.2) is 4.98 Å². The number of aromatic nitrogens is 2. The van der Waals surface area contributed by atoms with Crippen LogP contribution in [-0.4, -0.2) is 15.9 Å². The van der Waals surface area contributed by atoms with E-state index in [1.165, 1.54) is 6.20 Å². The van der Waals surface area contributed by atoms with Crippen molar-refractivity contribution >= 4 is 22.6 Å². The Kier molecular flexibility index (Phi) is 3.92.